The number of hydrogen-bond donors (Lipinski definition) is 1. The maximum absolute atomic E-state index is 5.33. The smallest absolute Gasteiger partial charge is 0.107 e. The molecule has 1 aromatic rings. The van der Waals surface area contributed by atoms with Crippen molar-refractivity contribution in [3.05, 3.63) is 16.1 Å². The summed E-state index contributed by atoms with van der Waals surface area (Å²) in [6, 6.07) is 0. The Bertz CT molecular complexity index is 295. The molecule has 1 aliphatic heterocycles. The van der Waals surface area contributed by atoms with E-state index in [1.165, 1.54) is 17.8 Å². The van der Waals surface area contributed by atoms with Gasteiger partial charge in [0.2, 0.25) is 0 Å². The van der Waals surface area contributed by atoms with Crippen LogP contribution < -0.4 is 5.32 Å². The first-order valence-electron chi connectivity index (χ1n) is 5.54. The van der Waals surface area contributed by atoms with Gasteiger partial charge < -0.3 is 10.1 Å². The van der Waals surface area contributed by atoms with Crippen molar-refractivity contribution in [2.24, 2.45) is 5.92 Å². The number of thiazole rings is 1. The van der Waals surface area contributed by atoms with E-state index < -0.39 is 0 Å². The Morgan fingerprint density at radius 3 is 3.00 bits per heavy atom. The van der Waals surface area contributed by atoms with Crippen LogP contribution in [0, 0.1) is 12.8 Å². The summed E-state index contributed by atoms with van der Waals surface area (Å²) in [7, 11) is 0. The van der Waals surface area contributed by atoms with Gasteiger partial charge in [-0.15, -0.1) is 11.3 Å². The third kappa shape index (κ3) is 3.55. The lowest BCUT2D eigenvalue weighted by Gasteiger charge is -2.21. The lowest BCUT2D eigenvalue weighted by Crippen LogP contribution is -2.27. The topological polar surface area (TPSA) is 34.1 Å². The van der Waals surface area contributed by atoms with Gasteiger partial charge in [-0.05, 0) is 32.2 Å². The molecule has 0 spiro atoms. The predicted molar refractivity (Wildman–Crippen MR) is 62.1 cm³/mol. The monoisotopic (exact) mass is 226 g/mol. The highest BCUT2D eigenvalue weighted by Crippen LogP contribution is 2.14. The largest absolute Gasteiger partial charge is 0.381 e. The summed E-state index contributed by atoms with van der Waals surface area (Å²) in [4.78, 5) is 4.42. The third-order valence-corrected chi connectivity index (χ3v) is 3.68. The van der Waals surface area contributed by atoms with E-state index in [-0.39, 0.29) is 0 Å². The normalized spacial score (nSPS) is 18.2. The second-order valence-corrected chi connectivity index (χ2v) is 5.01. The Hall–Kier alpha value is -0.450. The van der Waals surface area contributed by atoms with Crippen LogP contribution in [0.5, 0.6) is 0 Å². The molecule has 0 saturated carbocycles. The lowest BCUT2D eigenvalue weighted by atomic mass is 10.0. The molecule has 84 valence electrons. The van der Waals surface area contributed by atoms with Crippen LogP contribution in [-0.4, -0.2) is 24.7 Å². The second-order valence-electron chi connectivity index (χ2n) is 4.07. The maximum Gasteiger partial charge on any atom is 0.107 e. The molecule has 2 rings (SSSR count). The average Bonchev–Trinajstić information content (AvgIpc) is 2.66. The standard InChI is InChI=1S/C11H18N2OS/c1-9-8-15-11(13-9)7-12-6-10-2-4-14-5-3-10/h8,10,12H,2-7H2,1H3. The molecule has 1 aliphatic rings. The molecule has 15 heavy (non-hydrogen) atoms. The molecular formula is C11H18N2OS. The van der Waals surface area contributed by atoms with Gasteiger partial charge in [0.1, 0.15) is 5.01 Å². The molecule has 0 unspecified atom stereocenters. The summed E-state index contributed by atoms with van der Waals surface area (Å²) >= 11 is 1.74. The van der Waals surface area contributed by atoms with E-state index in [2.05, 4.69) is 15.7 Å². The first-order chi connectivity index (χ1) is 7.34. The molecule has 1 N–H and O–H groups in total. The van der Waals surface area contributed by atoms with Gasteiger partial charge >= 0.3 is 0 Å². The summed E-state index contributed by atoms with van der Waals surface area (Å²) in [6.45, 7) is 5.92. The number of aromatic nitrogens is 1. The number of nitrogens with zero attached hydrogens (tertiary/aromatic N) is 1. The van der Waals surface area contributed by atoms with Gasteiger partial charge in [-0.3, -0.25) is 0 Å². The number of nitrogens with one attached hydrogen (secondary N) is 1. The van der Waals surface area contributed by atoms with E-state index in [1.54, 1.807) is 11.3 Å². The zero-order valence-corrected chi connectivity index (χ0v) is 9.98. The number of aryl methyl sites for hydroxylation is 1. The first kappa shape index (κ1) is 11.0. The fourth-order valence-corrected chi connectivity index (χ4v) is 2.56. The van der Waals surface area contributed by atoms with Crippen molar-refractivity contribution < 1.29 is 4.74 Å². The van der Waals surface area contributed by atoms with Crippen LogP contribution >= 0.6 is 11.3 Å². The number of hydrogen-bond acceptors (Lipinski definition) is 4. The minimum atomic E-state index is 0.791. The van der Waals surface area contributed by atoms with Gasteiger partial charge in [-0.25, -0.2) is 4.98 Å². The molecule has 0 aromatic carbocycles. The van der Waals surface area contributed by atoms with E-state index in [4.69, 9.17) is 4.74 Å². The average molecular weight is 226 g/mol. The van der Waals surface area contributed by atoms with Crippen molar-refractivity contribution in [2.75, 3.05) is 19.8 Å². The number of rotatable bonds is 4. The molecule has 1 fully saturated rings. The lowest BCUT2D eigenvalue weighted by molar-refractivity contribution is 0.0662. The zero-order chi connectivity index (χ0) is 10.5. The molecule has 0 bridgehead atoms. The molecule has 0 radical (unpaired) electrons. The van der Waals surface area contributed by atoms with E-state index >= 15 is 0 Å². The SMILES string of the molecule is Cc1csc(CNCC2CCOCC2)n1. The molecule has 0 amide bonds. The van der Waals surface area contributed by atoms with Gasteiger partial charge in [0.15, 0.2) is 0 Å². The molecule has 2 heterocycles. The van der Waals surface area contributed by atoms with Gasteiger partial charge in [0.05, 0.1) is 0 Å². The van der Waals surface area contributed by atoms with Crippen LogP contribution in [0.4, 0.5) is 0 Å². The van der Waals surface area contributed by atoms with Crippen molar-refractivity contribution in [3.8, 4) is 0 Å². The maximum atomic E-state index is 5.33. The molecule has 1 aromatic heterocycles. The zero-order valence-electron chi connectivity index (χ0n) is 9.16. The first-order valence-corrected chi connectivity index (χ1v) is 6.42. The Morgan fingerprint density at radius 2 is 2.33 bits per heavy atom. The minimum absolute atomic E-state index is 0.791. The highest BCUT2D eigenvalue weighted by molar-refractivity contribution is 7.09. The van der Waals surface area contributed by atoms with Gasteiger partial charge in [-0.2, -0.15) is 0 Å². The fourth-order valence-electron chi connectivity index (χ4n) is 1.82. The predicted octanol–water partition coefficient (Wildman–Crippen LogP) is 1.97. The van der Waals surface area contributed by atoms with Crippen LogP contribution in [0.15, 0.2) is 5.38 Å². The van der Waals surface area contributed by atoms with Crippen LogP contribution in [-0.2, 0) is 11.3 Å². The van der Waals surface area contributed by atoms with Crippen LogP contribution in [0.25, 0.3) is 0 Å². The fraction of sp³-hybridized carbons (Fsp3) is 0.727. The van der Waals surface area contributed by atoms with Crippen molar-refractivity contribution in [1.82, 2.24) is 10.3 Å². The van der Waals surface area contributed by atoms with Crippen LogP contribution in [0.2, 0.25) is 0 Å². The van der Waals surface area contributed by atoms with E-state index in [1.807, 2.05) is 6.92 Å². The van der Waals surface area contributed by atoms with E-state index in [0.717, 1.165) is 37.9 Å². The Morgan fingerprint density at radius 1 is 1.53 bits per heavy atom. The van der Waals surface area contributed by atoms with E-state index in [0.29, 0.717) is 0 Å². The van der Waals surface area contributed by atoms with E-state index in [9.17, 15) is 0 Å². The van der Waals surface area contributed by atoms with Crippen molar-refractivity contribution in [3.63, 3.8) is 0 Å². The quantitative estimate of drug-likeness (QED) is 0.852. The molecular weight excluding hydrogens is 208 g/mol. The molecule has 3 nitrogen and oxygen atoms in total. The van der Waals surface area contributed by atoms with Gasteiger partial charge in [0.25, 0.3) is 0 Å². The molecule has 4 heteroatoms. The Kier molecular flexibility index (Phi) is 4.11. The summed E-state index contributed by atoms with van der Waals surface area (Å²) in [6.07, 6.45) is 2.40. The van der Waals surface area contributed by atoms with Crippen molar-refractivity contribution in [1.29, 1.82) is 0 Å². The summed E-state index contributed by atoms with van der Waals surface area (Å²) in [5, 5.41) is 6.77. The molecule has 1 saturated heterocycles. The highest BCUT2D eigenvalue weighted by atomic mass is 32.1. The minimum Gasteiger partial charge on any atom is -0.381 e. The Labute approximate surface area is 94.9 Å². The number of ether oxygens (including phenoxy) is 1. The molecule has 0 aliphatic carbocycles. The van der Waals surface area contributed by atoms with Crippen LogP contribution in [0.3, 0.4) is 0 Å². The van der Waals surface area contributed by atoms with Crippen molar-refractivity contribution >= 4 is 11.3 Å². The summed E-state index contributed by atoms with van der Waals surface area (Å²) < 4.78 is 5.33. The van der Waals surface area contributed by atoms with Crippen molar-refractivity contribution in [2.45, 2.75) is 26.3 Å². The third-order valence-electron chi connectivity index (χ3n) is 2.72. The molecule has 0 atom stereocenters. The van der Waals surface area contributed by atoms with Gasteiger partial charge in [-0.1, -0.05) is 0 Å². The summed E-state index contributed by atoms with van der Waals surface area (Å²) in [5.41, 5.74) is 1.13. The van der Waals surface area contributed by atoms with Gasteiger partial charge in [0, 0.05) is 30.8 Å². The Balaban J connectivity index is 1.65. The highest BCUT2D eigenvalue weighted by Gasteiger charge is 2.12. The van der Waals surface area contributed by atoms with Crippen LogP contribution in [0.1, 0.15) is 23.5 Å². The summed E-state index contributed by atoms with van der Waals surface area (Å²) in [5.74, 6) is 0.791. The second kappa shape index (κ2) is 5.58.